The smallest absolute Gasteiger partial charge is 0.113 e. The molecule has 0 saturated heterocycles. The minimum atomic E-state index is 0.274. The first-order valence-corrected chi connectivity index (χ1v) is 8.14. The zero-order valence-electron chi connectivity index (χ0n) is 13.0. The minimum absolute atomic E-state index is 0.274. The molecule has 1 heterocycles. The van der Waals surface area contributed by atoms with E-state index in [-0.39, 0.29) is 6.04 Å². The quantitative estimate of drug-likeness (QED) is 0.698. The summed E-state index contributed by atoms with van der Waals surface area (Å²) in [6, 6.07) is 21.1. The molecule has 1 atom stereocenters. The van der Waals surface area contributed by atoms with E-state index in [9.17, 15) is 0 Å². The molecule has 1 aliphatic carbocycles. The molecule has 1 aliphatic rings. The van der Waals surface area contributed by atoms with E-state index in [1.807, 2.05) is 22.9 Å². The molecule has 0 bridgehead atoms. The molecule has 3 aromatic rings. The Morgan fingerprint density at radius 1 is 0.870 bits per heavy atom. The van der Waals surface area contributed by atoms with E-state index in [4.69, 9.17) is 0 Å². The number of benzene rings is 2. The van der Waals surface area contributed by atoms with Gasteiger partial charge in [0.1, 0.15) is 5.69 Å². The molecule has 114 valence electrons. The number of hydrogen-bond donors (Lipinski definition) is 0. The normalized spacial score (nSPS) is 17.7. The lowest BCUT2D eigenvalue weighted by Crippen LogP contribution is -2.14. The van der Waals surface area contributed by atoms with Gasteiger partial charge in [0.15, 0.2) is 0 Å². The lowest BCUT2D eigenvalue weighted by atomic mass is 9.89. The summed E-state index contributed by atoms with van der Waals surface area (Å²) in [5, 5.41) is 8.79. The van der Waals surface area contributed by atoms with Crippen LogP contribution in [0.3, 0.4) is 0 Å². The SMILES string of the molecule is C1=C(c2ccccc2)[C@H](n2cc(-c3ccccc3)nn2)CCC1. The largest absolute Gasteiger partial charge is 0.244 e. The summed E-state index contributed by atoms with van der Waals surface area (Å²) >= 11 is 0. The van der Waals surface area contributed by atoms with E-state index in [0.717, 1.165) is 24.1 Å². The molecule has 0 amide bonds. The summed E-state index contributed by atoms with van der Waals surface area (Å²) in [7, 11) is 0. The van der Waals surface area contributed by atoms with Crippen molar-refractivity contribution in [3.05, 3.63) is 78.5 Å². The topological polar surface area (TPSA) is 30.7 Å². The molecule has 3 heteroatoms. The third-order valence-electron chi connectivity index (χ3n) is 4.41. The van der Waals surface area contributed by atoms with Gasteiger partial charge in [-0.25, -0.2) is 4.68 Å². The molecule has 0 spiro atoms. The summed E-state index contributed by atoms with van der Waals surface area (Å²) < 4.78 is 2.03. The van der Waals surface area contributed by atoms with E-state index >= 15 is 0 Å². The molecular weight excluding hydrogens is 282 g/mol. The van der Waals surface area contributed by atoms with Crippen LogP contribution in [0.25, 0.3) is 16.8 Å². The van der Waals surface area contributed by atoms with Crippen LogP contribution >= 0.6 is 0 Å². The molecule has 0 aliphatic heterocycles. The van der Waals surface area contributed by atoms with Crippen molar-refractivity contribution in [1.29, 1.82) is 0 Å². The second kappa shape index (κ2) is 6.21. The molecule has 2 aromatic carbocycles. The second-order valence-corrected chi connectivity index (χ2v) is 5.92. The van der Waals surface area contributed by atoms with Crippen LogP contribution in [0.1, 0.15) is 30.9 Å². The first-order valence-electron chi connectivity index (χ1n) is 8.14. The summed E-state index contributed by atoms with van der Waals surface area (Å²) in [5.74, 6) is 0. The molecule has 0 N–H and O–H groups in total. The van der Waals surface area contributed by atoms with Gasteiger partial charge in [-0.1, -0.05) is 72.0 Å². The average molecular weight is 301 g/mol. The van der Waals surface area contributed by atoms with Crippen LogP contribution in [0.4, 0.5) is 0 Å². The van der Waals surface area contributed by atoms with Crippen molar-refractivity contribution in [2.24, 2.45) is 0 Å². The maximum atomic E-state index is 4.42. The molecule has 0 radical (unpaired) electrons. The van der Waals surface area contributed by atoms with Gasteiger partial charge >= 0.3 is 0 Å². The van der Waals surface area contributed by atoms with Crippen molar-refractivity contribution in [2.45, 2.75) is 25.3 Å². The maximum Gasteiger partial charge on any atom is 0.113 e. The van der Waals surface area contributed by atoms with Crippen LogP contribution in [0, 0.1) is 0 Å². The van der Waals surface area contributed by atoms with Crippen LogP contribution in [-0.4, -0.2) is 15.0 Å². The molecule has 23 heavy (non-hydrogen) atoms. The molecular formula is C20H19N3. The van der Waals surface area contributed by atoms with Crippen molar-refractivity contribution in [3.63, 3.8) is 0 Å². The second-order valence-electron chi connectivity index (χ2n) is 5.92. The lowest BCUT2D eigenvalue weighted by Gasteiger charge is -2.24. The van der Waals surface area contributed by atoms with Crippen molar-refractivity contribution in [3.8, 4) is 11.3 Å². The van der Waals surface area contributed by atoms with E-state index in [1.165, 1.54) is 17.6 Å². The van der Waals surface area contributed by atoms with Gasteiger partial charge in [-0.05, 0) is 30.4 Å². The summed E-state index contributed by atoms with van der Waals surface area (Å²) in [4.78, 5) is 0. The number of aromatic nitrogens is 3. The van der Waals surface area contributed by atoms with Crippen molar-refractivity contribution < 1.29 is 0 Å². The van der Waals surface area contributed by atoms with Gasteiger partial charge in [0.25, 0.3) is 0 Å². The Kier molecular flexibility index (Phi) is 3.76. The third-order valence-corrected chi connectivity index (χ3v) is 4.41. The Balaban J connectivity index is 1.68. The predicted octanol–water partition coefficient (Wildman–Crippen LogP) is 4.75. The third kappa shape index (κ3) is 2.82. The lowest BCUT2D eigenvalue weighted by molar-refractivity contribution is 0.476. The molecule has 0 unspecified atom stereocenters. The van der Waals surface area contributed by atoms with Gasteiger partial charge in [-0.2, -0.15) is 0 Å². The van der Waals surface area contributed by atoms with Gasteiger partial charge in [-0.3, -0.25) is 0 Å². The van der Waals surface area contributed by atoms with Gasteiger partial charge in [0.2, 0.25) is 0 Å². The predicted molar refractivity (Wildman–Crippen MR) is 92.8 cm³/mol. The van der Waals surface area contributed by atoms with Gasteiger partial charge < -0.3 is 0 Å². The highest BCUT2D eigenvalue weighted by Crippen LogP contribution is 2.36. The molecule has 3 nitrogen and oxygen atoms in total. The van der Waals surface area contributed by atoms with E-state index in [1.54, 1.807) is 0 Å². The van der Waals surface area contributed by atoms with Crippen molar-refractivity contribution >= 4 is 5.57 Å². The van der Waals surface area contributed by atoms with E-state index in [0.29, 0.717) is 0 Å². The van der Waals surface area contributed by atoms with Gasteiger partial charge in [0.05, 0.1) is 12.2 Å². The first kappa shape index (κ1) is 13.9. The maximum absolute atomic E-state index is 4.42. The van der Waals surface area contributed by atoms with Crippen LogP contribution in [0.2, 0.25) is 0 Å². The summed E-state index contributed by atoms with van der Waals surface area (Å²) in [6.45, 7) is 0. The fourth-order valence-electron chi connectivity index (χ4n) is 3.25. The Hall–Kier alpha value is -2.68. The molecule has 4 rings (SSSR count). The van der Waals surface area contributed by atoms with Gasteiger partial charge in [0, 0.05) is 5.56 Å². The molecule has 1 aromatic heterocycles. The number of allylic oxidation sites excluding steroid dienone is 2. The highest BCUT2D eigenvalue weighted by atomic mass is 15.4. The fourth-order valence-corrected chi connectivity index (χ4v) is 3.25. The highest BCUT2D eigenvalue weighted by Gasteiger charge is 2.22. The number of rotatable bonds is 3. The van der Waals surface area contributed by atoms with Crippen molar-refractivity contribution in [2.75, 3.05) is 0 Å². The molecule has 0 fully saturated rings. The Labute approximate surface area is 136 Å². The standard InChI is InChI=1S/C20H19N3/c1-3-9-16(10-4-1)18-13-7-8-14-20(18)23-15-19(21-22-23)17-11-5-2-6-12-17/h1-6,9-13,15,20H,7-8,14H2/t20-/m1/s1. The van der Waals surface area contributed by atoms with Crippen LogP contribution in [-0.2, 0) is 0 Å². The Morgan fingerprint density at radius 3 is 2.30 bits per heavy atom. The zero-order chi connectivity index (χ0) is 15.5. The van der Waals surface area contributed by atoms with Gasteiger partial charge in [-0.15, -0.1) is 5.10 Å². The van der Waals surface area contributed by atoms with Crippen LogP contribution in [0.15, 0.2) is 72.9 Å². The summed E-state index contributed by atoms with van der Waals surface area (Å²) in [5.41, 5.74) is 4.69. The van der Waals surface area contributed by atoms with Crippen LogP contribution < -0.4 is 0 Å². The monoisotopic (exact) mass is 301 g/mol. The average Bonchev–Trinajstić information content (AvgIpc) is 3.13. The first-order chi connectivity index (χ1) is 11.4. The Morgan fingerprint density at radius 2 is 1.57 bits per heavy atom. The van der Waals surface area contributed by atoms with Crippen molar-refractivity contribution in [1.82, 2.24) is 15.0 Å². The Bertz CT molecular complexity index is 803. The van der Waals surface area contributed by atoms with E-state index < -0.39 is 0 Å². The number of hydrogen-bond acceptors (Lipinski definition) is 2. The highest BCUT2D eigenvalue weighted by molar-refractivity contribution is 5.69. The fraction of sp³-hybridized carbons (Fsp3) is 0.200. The van der Waals surface area contributed by atoms with Crippen LogP contribution in [0.5, 0.6) is 0 Å². The zero-order valence-corrected chi connectivity index (χ0v) is 13.0. The molecule has 0 saturated carbocycles. The summed E-state index contributed by atoms with van der Waals surface area (Å²) in [6.07, 6.45) is 7.87. The van der Waals surface area contributed by atoms with E-state index in [2.05, 4.69) is 65.0 Å². The number of nitrogens with zero attached hydrogens (tertiary/aromatic N) is 3. The minimum Gasteiger partial charge on any atom is -0.244 e.